The zero-order valence-corrected chi connectivity index (χ0v) is 11.7. The highest BCUT2D eigenvalue weighted by Crippen LogP contribution is 2.42. The third-order valence-electron chi connectivity index (χ3n) is 5.17. The SMILES string of the molecule is O=C1OC(C2CC3CCC2O3)CCN1C1CNCCN1. The number of nitrogens with zero attached hydrogens (tertiary/aromatic N) is 1. The summed E-state index contributed by atoms with van der Waals surface area (Å²) in [7, 11) is 0. The lowest BCUT2D eigenvalue weighted by molar-refractivity contribution is -0.0336. The maximum absolute atomic E-state index is 12.3. The molecule has 5 atom stereocenters. The molecule has 0 radical (unpaired) electrons. The van der Waals surface area contributed by atoms with E-state index in [9.17, 15) is 4.79 Å². The molecule has 0 spiro atoms. The Hall–Kier alpha value is -0.850. The van der Waals surface area contributed by atoms with Gasteiger partial charge in [-0.25, -0.2) is 4.79 Å². The van der Waals surface area contributed by atoms with Crippen molar-refractivity contribution in [1.82, 2.24) is 15.5 Å². The number of fused-ring (bicyclic) bond motifs is 2. The lowest BCUT2D eigenvalue weighted by atomic mass is 9.83. The average Bonchev–Trinajstić information content (AvgIpc) is 3.11. The van der Waals surface area contributed by atoms with Crippen LogP contribution in [0.3, 0.4) is 0 Å². The third-order valence-corrected chi connectivity index (χ3v) is 5.17. The highest BCUT2D eigenvalue weighted by molar-refractivity contribution is 5.69. The number of carbonyl (C=O) groups excluding carboxylic acids is 1. The molecule has 4 heterocycles. The molecule has 0 aromatic heterocycles. The minimum absolute atomic E-state index is 0.0607. The summed E-state index contributed by atoms with van der Waals surface area (Å²) in [6.07, 6.45) is 5.06. The lowest BCUT2D eigenvalue weighted by Crippen LogP contribution is -2.61. The van der Waals surface area contributed by atoms with Gasteiger partial charge in [-0.3, -0.25) is 10.2 Å². The maximum Gasteiger partial charge on any atom is 0.411 e. The zero-order valence-electron chi connectivity index (χ0n) is 11.7. The molecule has 2 N–H and O–H groups in total. The van der Waals surface area contributed by atoms with Gasteiger partial charge in [0, 0.05) is 38.5 Å². The van der Waals surface area contributed by atoms with Crippen molar-refractivity contribution >= 4 is 6.09 Å². The lowest BCUT2D eigenvalue weighted by Gasteiger charge is -2.41. The molecular formula is C14H23N3O3. The van der Waals surface area contributed by atoms with E-state index in [2.05, 4.69) is 10.6 Å². The first-order valence-corrected chi connectivity index (χ1v) is 7.88. The second-order valence-electron chi connectivity index (χ2n) is 6.35. The van der Waals surface area contributed by atoms with Crippen LogP contribution in [0.15, 0.2) is 0 Å². The predicted octanol–water partition coefficient (Wildman–Crippen LogP) is 0.284. The summed E-state index contributed by atoms with van der Waals surface area (Å²) in [6, 6.07) is 0. The topological polar surface area (TPSA) is 62.8 Å². The second kappa shape index (κ2) is 5.16. The Morgan fingerprint density at radius 1 is 1.15 bits per heavy atom. The number of hydrogen-bond donors (Lipinski definition) is 2. The summed E-state index contributed by atoms with van der Waals surface area (Å²) in [5.41, 5.74) is 0. The number of rotatable bonds is 2. The van der Waals surface area contributed by atoms with Crippen LogP contribution in [0.2, 0.25) is 0 Å². The fourth-order valence-electron chi connectivity index (χ4n) is 4.13. The van der Waals surface area contributed by atoms with Crippen molar-refractivity contribution in [3.8, 4) is 0 Å². The molecule has 6 nitrogen and oxygen atoms in total. The van der Waals surface area contributed by atoms with Gasteiger partial charge in [-0.05, 0) is 19.3 Å². The number of carbonyl (C=O) groups is 1. The van der Waals surface area contributed by atoms with Crippen molar-refractivity contribution in [2.45, 2.75) is 50.2 Å². The van der Waals surface area contributed by atoms with Gasteiger partial charge in [0.2, 0.25) is 0 Å². The van der Waals surface area contributed by atoms with Gasteiger partial charge in [0.25, 0.3) is 0 Å². The van der Waals surface area contributed by atoms with E-state index in [0.29, 0.717) is 18.1 Å². The largest absolute Gasteiger partial charge is 0.446 e. The van der Waals surface area contributed by atoms with Crippen molar-refractivity contribution in [2.24, 2.45) is 5.92 Å². The van der Waals surface area contributed by atoms with Crippen LogP contribution in [-0.4, -0.2) is 61.6 Å². The van der Waals surface area contributed by atoms with E-state index >= 15 is 0 Å². The van der Waals surface area contributed by atoms with Crippen molar-refractivity contribution in [2.75, 3.05) is 26.2 Å². The van der Waals surface area contributed by atoms with Crippen molar-refractivity contribution in [3.05, 3.63) is 0 Å². The minimum Gasteiger partial charge on any atom is -0.446 e. The van der Waals surface area contributed by atoms with Gasteiger partial charge >= 0.3 is 6.09 Å². The Bertz CT molecular complexity index is 386. The van der Waals surface area contributed by atoms with E-state index in [1.807, 2.05) is 4.90 Å². The van der Waals surface area contributed by atoms with Crippen LogP contribution in [0.25, 0.3) is 0 Å². The molecule has 4 rings (SSSR count). The Balaban J connectivity index is 1.37. The average molecular weight is 281 g/mol. The van der Waals surface area contributed by atoms with Gasteiger partial charge in [0.1, 0.15) is 6.10 Å². The molecule has 20 heavy (non-hydrogen) atoms. The van der Waals surface area contributed by atoms with Crippen molar-refractivity contribution in [1.29, 1.82) is 0 Å². The Morgan fingerprint density at radius 2 is 2.10 bits per heavy atom. The van der Waals surface area contributed by atoms with E-state index in [1.54, 1.807) is 0 Å². The van der Waals surface area contributed by atoms with E-state index in [1.165, 1.54) is 6.42 Å². The minimum atomic E-state index is -0.162. The maximum atomic E-state index is 12.3. The van der Waals surface area contributed by atoms with Crippen LogP contribution in [0, 0.1) is 5.92 Å². The summed E-state index contributed by atoms with van der Waals surface area (Å²) >= 11 is 0. The molecule has 4 fully saturated rings. The number of hydrogen-bond acceptors (Lipinski definition) is 5. The molecule has 112 valence electrons. The molecule has 4 aliphatic heterocycles. The number of ether oxygens (including phenoxy) is 2. The predicted molar refractivity (Wildman–Crippen MR) is 72.3 cm³/mol. The number of amides is 1. The second-order valence-corrected chi connectivity index (χ2v) is 6.35. The summed E-state index contributed by atoms with van der Waals surface area (Å²) in [5.74, 6) is 0.428. The number of nitrogens with one attached hydrogen (secondary N) is 2. The van der Waals surface area contributed by atoms with Crippen LogP contribution in [-0.2, 0) is 9.47 Å². The summed E-state index contributed by atoms with van der Waals surface area (Å²) in [5, 5.41) is 6.68. The van der Waals surface area contributed by atoms with Gasteiger partial charge < -0.3 is 14.8 Å². The molecule has 0 aromatic rings. The van der Waals surface area contributed by atoms with Crippen molar-refractivity contribution in [3.63, 3.8) is 0 Å². The number of cyclic esters (lactones) is 1. The Morgan fingerprint density at radius 3 is 2.75 bits per heavy atom. The van der Waals surface area contributed by atoms with Gasteiger partial charge in [0.05, 0.1) is 18.4 Å². The van der Waals surface area contributed by atoms with Crippen LogP contribution in [0.1, 0.15) is 25.7 Å². The normalized spacial score (nSPS) is 44.7. The molecule has 4 saturated heterocycles. The first-order valence-electron chi connectivity index (χ1n) is 7.88. The van der Waals surface area contributed by atoms with Gasteiger partial charge in [-0.2, -0.15) is 0 Å². The van der Waals surface area contributed by atoms with E-state index in [0.717, 1.165) is 45.4 Å². The van der Waals surface area contributed by atoms with E-state index in [-0.39, 0.29) is 18.4 Å². The first kappa shape index (κ1) is 12.9. The summed E-state index contributed by atoms with van der Waals surface area (Å²) in [6.45, 7) is 3.45. The highest BCUT2D eigenvalue weighted by atomic mass is 16.6. The van der Waals surface area contributed by atoms with Crippen LogP contribution >= 0.6 is 0 Å². The van der Waals surface area contributed by atoms with Gasteiger partial charge in [-0.1, -0.05) is 0 Å². The molecule has 0 aromatic carbocycles. The van der Waals surface area contributed by atoms with Crippen molar-refractivity contribution < 1.29 is 14.3 Å². The fourth-order valence-corrected chi connectivity index (χ4v) is 4.13. The van der Waals surface area contributed by atoms with E-state index in [4.69, 9.17) is 9.47 Å². The van der Waals surface area contributed by atoms with Crippen LogP contribution < -0.4 is 10.6 Å². The molecule has 0 saturated carbocycles. The van der Waals surface area contributed by atoms with Gasteiger partial charge in [-0.15, -0.1) is 0 Å². The monoisotopic (exact) mass is 281 g/mol. The molecule has 6 heteroatoms. The zero-order chi connectivity index (χ0) is 13.5. The number of piperazine rings is 1. The molecule has 5 unspecified atom stereocenters. The van der Waals surface area contributed by atoms with Gasteiger partial charge in [0.15, 0.2) is 0 Å². The summed E-state index contributed by atoms with van der Waals surface area (Å²) < 4.78 is 11.6. The smallest absolute Gasteiger partial charge is 0.411 e. The molecule has 4 aliphatic rings. The quantitative estimate of drug-likeness (QED) is 0.761. The first-order chi connectivity index (χ1) is 9.81. The van der Waals surface area contributed by atoms with E-state index < -0.39 is 0 Å². The van der Waals surface area contributed by atoms with Crippen LogP contribution in [0.4, 0.5) is 4.79 Å². The third kappa shape index (κ3) is 2.19. The summed E-state index contributed by atoms with van der Waals surface area (Å²) in [4.78, 5) is 14.1. The molecule has 1 amide bonds. The molecule has 2 bridgehead atoms. The Labute approximate surface area is 119 Å². The Kier molecular flexibility index (Phi) is 3.32. The fraction of sp³-hybridized carbons (Fsp3) is 0.929. The van der Waals surface area contributed by atoms with Crippen LogP contribution in [0.5, 0.6) is 0 Å². The standard InChI is InChI=1S/C14H23N3O3/c18-14-17(13-8-15-4-5-16-13)6-3-12(20-14)10-7-9-1-2-11(10)19-9/h9-13,15-16H,1-8H2. The highest BCUT2D eigenvalue weighted by Gasteiger charge is 2.47. The molecular weight excluding hydrogens is 258 g/mol. The molecule has 0 aliphatic carbocycles.